The van der Waals surface area contributed by atoms with E-state index in [-0.39, 0.29) is 21.9 Å². The number of aromatic carboxylic acids is 1. The highest BCUT2D eigenvalue weighted by Crippen LogP contribution is 2.25. The van der Waals surface area contributed by atoms with Crippen LogP contribution >= 0.6 is 12.2 Å². The first-order valence-electron chi connectivity index (χ1n) is 9.15. The molecule has 1 aromatic heterocycles. The zero-order valence-electron chi connectivity index (χ0n) is 16.8. The molecule has 0 spiro atoms. The Hall–Kier alpha value is -3.30. The summed E-state index contributed by atoms with van der Waals surface area (Å²) in [5.41, 5.74) is 2.78. The fourth-order valence-electron chi connectivity index (χ4n) is 3.33. The number of thiocarbonyl (C=S) groups is 1. The summed E-state index contributed by atoms with van der Waals surface area (Å²) in [6, 6.07) is 7.70. The Labute approximate surface area is 178 Å². The lowest BCUT2D eigenvalue weighted by atomic mass is 10.1. The van der Waals surface area contributed by atoms with Gasteiger partial charge in [-0.3, -0.25) is 19.8 Å². The summed E-state index contributed by atoms with van der Waals surface area (Å²) < 4.78 is 7.17. The van der Waals surface area contributed by atoms with E-state index in [0.717, 1.165) is 21.9 Å². The van der Waals surface area contributed by atoms with Gasteiger partial charge in [-0.15, -0.1) is 0 Å². The van der Waals surface area contributed by atoms with Gasteiger partial charge in [0, 0.05) is 25.0 Å². The minimum Gasteiger partial charge on any atom is -0.478 e. The minimum absolute atomic E-state index is 0.00668. The Morgan fingerprint density at radius 3 is 2.67 bits per heavy atom. The average molecular weight is 427 g/mol. The van der Waals surface area contributed by atoms with Gasteiger partial charge in [0.1, 0.15) is 5.57 Å². The van der Waals surface area contributed by atoms with Gasteiger partial charge in [0.2, 0.25) is 0 Å². The summed E-state index contributed by atoms with van der Waals surface area (Å²) in [5.74, 6) is -2.35. The van der Waals surface area contributed by atoms with Crippen LogP contribution in [0.2, 0.25) is 0 Å². The first kappa shape index (κ1) is 21.4. The quantitative estimate of drug-likeness (QED) is 0.417. The number of carboxylic acid groups (broad SMARTS) is 1. The number of anilines is 1. The lowest BCUT2D eigenvalue weighted by Gasteiger charge is -2.29. The standard InChI is InChI=1S/C21H21N3O5S/c1-12-9-15(13(2)23(12)7-8-29-3)11-17-18(25)22-21(30)24(19(17)26)16-6-4-5-14(10-16)20(27)28/h4-6,9-11H,7-8H2,1-3H3,(H,27,28)(H,22,25,30). The van der Waals surface area contributed by atoms with Crippen LogP contribution in [-0.2, 0) is 20.9 Å². The number of carboxylic acids is 1. The molecule has 0 saturated carbocycles. The van der Waals surface area contributed by atoms with Gasteiger partial charge in [-0.1, -0.05) is 6.07 Å². The number of hydrogen-bond donors (Lipinski definition) is 2. The zero-order chi connectivity index (χ0) is 22.0. The van der Waals surface area contributed by atoms with Gasteiger partial charge in [0.15, 0.2) is 5.11 Å². The number of aryl methyl sites for hydroxylation is 1. The van der Waals surface area contributed by atoms with Gasteiger partial charge in [0.25, 0.3) is 11.8 Å². The second-order valence-corrected chi connectivity index (χ2v) is 7.17. The van der Waals surface area contributed by atoms with E-state index in [1.54, 1.807) is 13.2 Å². The minimum atomic E-state index is -1.13. The topological polar surface area (TPSA) is 101 Å². The summed E-state index contributed by atoms with van der Waals surface area (Å²) in [7, 11) is 1.62. The van der Waals surface area contributed by atoms with Gasteiger partial charge >= 0.3 is 5.97 Å². The van der Waals surface area contributed by atoms with Crippen molar-refractivity contribution in [2.24, 2.45) is 0 Å². The smallest absolute Gasteiger partial charge is 0.335 e. The van der Waals surface area contributed by atoms with Gasteiger partial charge in [-0.2, -0.15) is 0 Å². The number of benzene rings is 1. The average Bonchev–Trinajstić information content (AvgIpc) is 2.96. The largest absolute Gasteiger partial charge is 0.478 e. The van der Waals surface area contributed by atoms with E-state index in [9.17, 15) is 19.5 Å². The molecular formula is C21H21N3O5S. The lowest BCUT2D eigenvalue weighted by molar-refractivity contribution is -0.122. The van der Waals surface area contributed by atoms with Gasteiger partial charge in [0.05, 0.1) is 17.9 Å². The predicted molar refractivity (Wildman–Crippen MR) is 115 cm³/mol. The van der Waals surface area contributed by atoms with Crippen LogP contribution in [0.1, 0.15) is 27.3 Å². The van der Waals surface area contributed by atoms with E-state index in [1.807, 2.05) is 24.5 Å². The lowest BCUT2D eigenvalue weighted by Crippen LogP contribution is -2.54. The number of nitrogens with one attached hydrogen (secondary N) is 1. The van der Waals surface area contributed by atoms with Crippen molar-refractivity contribution in [1.82, 2.24) is 9.88 Å². The van der Waals surface area contributed by atoms with Crippen molar-refractivity contribution in [3.05, 3.63) is 58.4 Å². The summed E-state index contributed by atoms with van der Waals surface area (Å²) in [6.45, 7) is 5.02. The SMILES string of the molecule is COCCn1c(C)cc(C=C2C(=O)NC(=S)N(c3cccc(C(=O)O)c3)C2=O)c1C. The first-order valence-corrected chi connectivity index (χ1v) is 9.56. The van der Waals surface area contributed by atoms with Crippen molar-refractivity contribution in [2.45, 2.75) is 20.4 Å². The summed E-state index contributed by atoms with van der Waals surface area (Å²) in [6.07, 6.45) is 1.53. The number of rotatable bonds is 6. The van der Waals surface area contributed by atoms with Gasteiger partial charge in [-0.05, 0) is 62.0 Å². The number of ether oxygens (including phenoxy) is 1. The Bertz CT molecular complexity index is 1090. The van der Waals surface area contributed by atoms with E-state index in [0.29, 0.717) is 13.2 Å². The molecule has 1 aromatic carbocycles. The van der Waals surface area contributed by atoms with E-state index in [1.165, 1.54) is 24.3 Å². The molecule has 1 aliphatic rings. The van der Waals surface area contributed by atoms with Crippen LogP contribution in [-0.4, -0.2) is 46.3 Å². The first-order chi connectivity index (χ1) is 14.2. The fourth-order valence-corrected chi connectivity index (χ4v) is 3.61. The maximum absolute atomic E-state index is 13.1. The molecule has 2 amide bonds. The molecule has 2 aromatic rings. The maximum Gasteiger partial charge on any atom is 0.335 e. The fraction of sp³-hybridized carbons (Fsp3) is 0.238. The molecule has 0 atom stereocenters. The molecule has 30 heavy (non-hydrogen) atoms. The Balaban J connectivity index is 2.01. The number of aromatic nitrogens is 1. The van der Waals surface area contributed by atoms with E-state index >= 15 is 0 Å². The number of nitrogens with zero attached hydrogens (tertiary/aromatic N) is 2. The van der Waals surface area contributed by atoms with Crippen LogP contribution in [0.3, 0.4) is 0 Å². The molecule has 1 saturated heterocycles. The highest BCUT2D eigenvalue weighted by Gasteiger charge is 2.35. The monoisotopic (exact) mass is 427 g/mol. The molecule has 2 N–H and O–H groups in total. The number of methoxy groups -OCH3 is 1. The molecule has 3 rings (SSSR count). The molecular weight excluding hydrogens is 406 g/mol. The molecule has 156 valence electrons. The summed E-state index contributed by atoms with van der Waals surface area (Å²) in [5, 5.41) is 11.6. The van der Waals surface area contributed by atoms with Crippen molar-refractivity contribution >= 4 is 46.9 Å². The van der Waals surface area contributed by atoms with Crippen LogP contribution in [0.15, 0.2) is 35.9 Å². The molecule has 0 unspecified atom stereocenters. The van der Waals surface area contributed by atoms with Gasteiger partial charge < -0.3 is 14.4 Å². The molecule has 2 heterocycles. The maximum atomic E-state index is 13.1. The van der Waals surface area contributed by atoms with E-state index < -0.39 is 17.8 Å². The third kappa shape index (κ3) is 4.03. The van der Waals surface area contributed by atoms with Crippen LogP contribution in [0.25, 0.3) is 6.08 Å². The Kier molecular flexibility index (Phi) is 6.14. The van der Waals surface area contributed by atoms with Crippen molar-refractivity contribution in [1.29, 1.82) is 0 Å². The Morgan fingerprint density at radius 2 is 2.00 bits per heavy atom. The second-order valence-electron chi connectivity index (χ2n) is 6.78. The third-order valence-corrected chi connectivity index (χ3v) is 5.17. The number of amides is 2. The van der Waals surface area contributed by atoms with Crippen molar-refractivity contribution in [3.63, 3.8) is 0 Å². The van der Waals surface area contributed by atoms with Crippen LogP contribution in [0, 0.1) is 13.8 Å². The number of hydrogen-bond acceptors (Lipinski definition) is 5. The van der Waals surface area contributed by atoms with Crippen molar-refractivity contribution in [2.75, 3.05) is 18.6 Å². The van der Waals surface area contributed by atoms with Crippen LogP contribution < -0.4 is 10.2 Å². The molecule has 0 aliphatic carbocycles. The number of carbonyl (C=O) groups is 3. The zero-order valence-corrected chi connectivity index (χ0v) is 17.6. The molecule has 1 aliphatic heterocycles. The van der Waals surface area contributed by atoms with E-state index in [2.05, 4.69) is 5.32 Å². The van der Waals surface area contributed by atoms with Crippen LogP contribution in [0.5, 0.6) is 0 Å². The highest BCUT2D eigenvalue weighted by molar-refractivity contribution is 7.80. The van der Waals surface area contributed by atoms with Gasteiger partial charge in [-0.25, -0.2) is 4.79 Å². The molecule has 8 nitrogen and oxygen atoms in total. The normalized spacial score (nSPS) is 15.6. The predicted octanol–water partition coefficient (Wildman–Crippen LogP) is 2.28. The molecule has 9 heteroatoms. The van der Waals surface area contributed by atoms with Crippen molar-refractivity contribution < 1.29 is 24.2 Å². The summed E-state index contributed by atoms with van der Waals surface area (Å²) >= 11 is 5.17. The van der Waals surface area contributed by atoms with Crippen molar-refractivity contribution in [3.8, 4) is 0 Å². The number of carbonyl (C=O) groups excluding carboxylic acids is 2. The van der Waals surface area contributed by atoms with Crippen LogP contribution in [0.4, 0.5) is 5.69 Å². The second kappa shape index (κ2) is 8.60. The van der Waals surface area contributed by atoms with E-state index in [4.69, 9.17) is 17.0 Å². The summed E-state index contributed by atoms with van der Waals surface area (Å²) in [4.78, 5) is 38.1. The Morgan fingerprint density at radius 1 is 1.27 bits per heavy atom. The molecule has 1 fully saturated rings. The highest BCUT2D eigenvalue weighted by atomic mass is 32.1. The molecule has 0 radical (unpaired) electrons. The molecule has 0 bridgehead atoms. The third-order valence-electron chi connectivity index (χ3n) is 4.88.